The highest BCUT2D eigenvalue weighted by Crippen LogP contribution is 2.29. The molecule has 0 radical (unpaired) electrons. The van der Waals surface area contributed by atoms with Crippen LogP contribution in [0.1, 0.15) is 52.8 Å². The van der Waals surface area contributed by atoms with Gasteiger partial charge in [-0.15, -0.1) is 0 Å². The van der Waals surface area contributed by atoms with E-state index in [-0.39, 0.29) is 28.8 Å². The highest BCUT2D eigenvalue weighted by atomic mass is 16.5. The van der Waals surface area contributed by atoms with Crippen molar-refractivity contribution in [2.45, 2.75) is 38.1 Å². The van der Waals surface area contributed by atoms with Crippen molar-refractivity contribution >= 4 is 11.9 Å². The summed E-state index contributed by atoms with van der Waals surface area (Å²) in [5.41, 5.74) is 0.156. The predicted octanol–water partition coefficient (Wildman–Crippen LogP) is 2.46. The molecule has 0 aromatic heterocycles. The largest absolute Gasteiger partial charge is 0.496 e. The lowest BCUT2D eigenvalue weighted by atomic mass is 9.95. The third-order valence-electron chi connectivity index (χ3n) is 3.94. The second-order valence-electron chi connectivity index (χ2n) is 5.37. The van der Waals surface area contributed by atoms with Gasteiger partial charge in [0.15, 0.2) is 0 Å². The van der Waals surface area contributed by atoms with Crippen molar-refractivity contribution in [2.75, 3.05) is 14.2 Å². The fourth-order valence-electron chi connectivity index (χ4n) is 2.75. The molecule has 1 amide bonds. The minimum atomic E-state index is -1.15. The van der Waals surface area contributed by atoms with Gasteiger partial charge in [0.1, 0.15) is 17.1 Å². The van der Waals surface area contributed by atoms with E-state index < -0.39 is 5.97 Å². The molecular weight excluding hydrogens is 286 g/mol. The molecule has 22 heavy (non-hydrogen) atoms. The highest BCUT2D eigenvalue weighted by molar-refractivity contribution is 6.01. The number of benzene rings is 1. The number of carbonyl (C=O) groups excluding carboxylic acids is 1. The number of carboxylic acid groups (broad SMARTS) is 1. The van der Waals surface area contributed by atoms with Gasteiger partial charge in [0, 0.05) is 12.1 Å². The van der Waals surface area contributed by atoms with Crippen molar-refractivity contribution in [2.24, 2.45) is 0 Å². The average Bonchev–Trinajstić information content (AvgIpc) is 2.54. The number of carbonyl (C=O) groups is 2. The molecular formula is C16H21NO5. The van der Waals surface area contributed by atoms with Gasteiger partial charge in [-0.1, -0.05) is 19.3 Å². The Hall–Kier alpha value is -2.24. The summed E-state index contributed by atoms with van der Waals surface area (Å²) in [6, 6.07) is 2.87. The summed E-state index contributed by atoms with van der Waals surface area (Å²) in [5, 5.41) is 12.2. The van der Waals surface area contributed by atoms with E-state index >= 15 is 0 Å². The summed E-state index contributed by atoms with van der Waals surface area (Å²) in [6.07, 6.45) is 5.31. The van der Waals surface area contributed by atoms with Gasteiger partial charge in [-0.25, -0.2) is 4.79 Å². The van der Waals surface area contributed by atoms with E-state index in [0.717, 1.165) is 25.7 Å². The van der Waals surface area contributed by atoms with Crippen LogP contribution in [0.25, 0.3) is 0 Å². The van der Waals surface area contributed by atoms with Crippen LogP contribution in [-0.4, -0.2) is 37.2 Å². The van der Waals surface area contributed by atoms with Gasteiger partial charge in [0.25, 0.3) is 5.91 Å². The number of hydrogen-bond donors (Lipinski definition) is 2. The number of ether oxygens (including phenoxy) is 2. The summed E-state index contributed by atoms with van der Waals surface area (Å²) in [4.78, 5) is 23.7. The van der Waals surface area contributed by atoms with Crippen LogP contribution < -0.4 is 14.8 Å². The van der Waals surface area contributed by atoms with Crippen LogP contribution in [0.4, 0.5) is 0 Å². The number of amides is 1. The van der Waals surface area contributed by atoms with E-state index in [9.17, 15) is 14.7 Å². The Bertz CT molecular complexity index is 564. The molecule has 1 aromatic rings. The van der Waals surface area contributed by atoms with Gasteiger partial charge in [-0.2, -0.15) is 0 Å². The maximum atomic E-state index is 12.4. The van der Waals surface area contributed by atoms with E-state index in [2.05, 4.69) is 5.32 Å². The van der Waals surface area contributed by atoms with Crippen LogP contribution in [0, 0.1) is 0 Å². The molecule has 0 unspecified atom stereocenters. The summed E-state index contributed by atoms with van der Waals surface area (Å²) in [5.74, 6) is -0.992. The van der Waals surface area contributed by atoms with E-state index in [4.69, 9.17) is 9.47 Å². The normalized spacial score (nSPS) is 15.2. The maximum absolute atomic E-state index is 12.4. The van der Waals surface area contributed by atoms with Crippen LogP contribution in [0.3, 0.4) is 0 Å². The average molecular weight is 307 g/mol. The molecule has 6 nitrogen and oxygen atoms in total. The number of methoxy groups -OCH3 is 2. The number of hydrogen-bond acceptors (Lipinski definition) is 4. The van der Waals surface area contributed by atoms with Crippen LogP contribution in [0.2, 0.25) is 0 Å². The summed E-state index contributed by atoms with van der Waals surface area (Å²) < 4.78 is 10.2. The molecule has 2 rings (SSSR count). The lowest BCUT2D eigenvalue weighted by Crippen LogP contribution is -2.36. The third kappa shape index (κ3) is 3.50. The second-order valence-corrected chi connectivity index (χ2v) is 5.37. The molecule has 1 fully saturated rings. The minimum absolute atomic E-state index is 0.0582. The predicted molar refractivity (Wildman–Crippen MR) is 80.8 cm³/mol. The topological polar surface area (TPSA) is 84.9 Å². The van der Waals surface area contributed by atoms with Gasteiger partial charge in [-0.3, -0.25) is 4.79 Å². The van der Waals surface area contributed by atoms with Gasteiger partial charge >= 0.3 is 5.97 Å². The molecule has 1 aliphatic rings. The zero-order chi connectivity index (χ0) is 16.1. The summed E-state index contributed by atoms with van der Waals surface area (Å²) in [7, 11) is 2.82. The van der Waals surface area contributed by atoms with Crippen molar-refractivity contribution in [3.63, 3.8) is 0 Å². The van der Waals surface area contributed by atoms with Crippen molar-refractivity contribution in [1.82, 2.24) is 5.32 Å². The van der Waals surface area contributed by atoms with Gasteiger partial charge in [-0.05, 0) is 18.9 Å². The first-order valence-electron chi connectivity index (χ1n) is 7.37. The van der Waals surface area contributed by atoms with Crippen molar-refractivity contribution in [3.05, 3.63) is 23.3 Å². The minimum Gasteiger partial charge on any atom is -0.496 e. The Morgan fingerprint density at radius 1 is 1.05 bits per heavy atom. The molecule has 0 spiro atoms. The van der Waals surface area contributed by atoms with Crippen LogP contribution >= 0.6 is 0 Å². The highest BCUT2D eigenvalue weighted by Gasteiger charge is 2.23. The smallest absolute Gasteiger partial charge is 0.339 e. The second kappa shape index (κ2) is 7.15. The van der Waals surface area contributed by atoms with Crippen molar-refractivity contribution in [3.8, 4) is 11.5 Å². The number of rotatable bonds is 5. The zero-order valence-electron chi connectivity index (χ0n) is 12.8. The first-order valence-corrected chi connectivity index (χ1v) is 7.37. The Balaban J connectivity index is 2.29. The molecule has 0 bridgehead atoms. The summed E-state index contributed by atoms with van der Waals surface area (Å²) >= 11 is 0. The van der Waals surface area contributed by atoms with Crippen LogP contribution in [0.15, 0.2) is 12.1 Å². The fraction of sp³-hybridized carbons (Fsp3) is 0.500. The molecule has 0 heterocycles. The molecule has 0 saturated heterocycles. The van der Waals surface area contributed by atoms with Gasteiger partial charge in [0.05, 0.1) is 19.8 Å². The van der Waals surface area contributed by atoms with Crippen molar-refractivity contribution < 1.29 is 24.2 Å². The zero-order valence-corrected chi connectivity index (χ0v) is 12.8. The Kier molecular flexibility index (Phi) is 5.25. The first kappa shape index (κ1) is 16.1. The molecule has 120 valence electrons. The Morgan fingerprint density at radius 3 is 2.18 bits per heavy atom. The summed E-state index contributed by atoms with van der Waals surface area (Å²) in [6.45, 7) is 0. The van der Waals surface area contributed by atoms with Crippen LogP contribution in [0.5, 0.6) is 11.5 Å². The van der Waals surface area contributed by atoms with E-state index in [1.54, 1.807) is 0 Å². The number of aromatic carboxylic acids is 1. The standard InChI is InChI=1S/C16H21NO5/c1-21-13-9-14(22-2)12(16(19)20)8-11(13)15(18)17-10-6-4-3-5-7-10/h8-10H,3-7H2,1-2H3,(H,17,18)(H,19,20). The maximum Gasteiger partial charge on any atom is 0.339 e. The monoisotopic (exact) mass is 307 g/mol. The molecule has 0 atom stereocenters. The van der Waals surface area contributed by atoms with Crippen LogP contribution in [-0.2, 0) is 0 Å². The lowest BCUT2D eigenvalue weighted by molar-refractivity contribution is 0.0693. The molecule has 1 saturated carbocycles. The van der Waals surface area contributed by atoms with E-state index in [1.165, 1.54) is 32.8 Å². The SMILES string of the molecule is COc1cc(OC)c(C(=O)NC2CCCCC2)cc1C(=O)O. The fourth-order valence-corrected chi connectivity index (χ4v) is 2.75. The van der Waals surface area contributed by atoms with E-state index in [0.29, 0.717) is 5.75 Å². The number of carboxylic acids is 1. The molecule has 1 aromatic carbocycles. The van der Waals surface area contributed by atoms with Gasteiger partial charge < -0.3 is 19.9 Å². The first-order chi connectivity index (χ1) is 10.6. The molecule has 0 aliphatic heterocycles. The molecule has 6 heteroatoms. The third-order valence-corrected chi connectivity index (χ3v) is 3.94. The quantitative estimate of drug-likeness (QED) is 0.873. The van der Waals surface area contributed by atoms with Crippen molar-refractivity contribution in [1.29, 1.82) is 0 Å². The molecule has 2 N–H and O–H groups in total. The van der Waals surface area contributed by atoms with Gasteiger partial charge in [0.2, 0.25) is 0 Å². The Labute approximate surface area is 129 Å². The Morgan fingerprint density at radius 2 is 1.64 bits per heavy atom. The molecule has 1 aliphatic carbocycles. The van der Waals surface area contributed by atoms with E-state index in [1.807, 2.05) is 0 Å². The lowest BCUT2D eigenvalue weighted by Gasteiger charge is -2.23. The number of nitrogens with one attached hydrogen (secondary N) is 1.